The summed E-state index contributed by atoms with van der Waals surface area (Å²) in [5.41, 5.74) is 0. The Labute approximate surface area is 382 Å². The molecule has 0 aliphatic carbocycles. The largest absolute Gasteiger partial charge is 0.394 e. The molecule has 1 amide bonds. The first-order chi connectivity index (χ1) is 30.2. The number of aliphatic hydroxyl groups excluding tert-OH is 2. The monoisotopic (exact) mass is 856 g/mol. The van der Waals surface area contributed by atoms with Crippen LogP contribution in [0.4, 0.5) is 0 Å². The van der Waals surface area contributed by atoms with E-state index in [1.807, 2.05) is 6.08 Å². The van der Waals surface area contributed by atoms with Crippen LogP contribution in [0.1, 0.15) is 303 Å². The third-order valence-corrected chi connectivity index (χ3v) is 12.9. The van der Waals surface area contributed by atoms with E-state index in [4.69, 9.17) is 0 Å². The molecular formula is C57H109NO3. The molecule has 0 aliphatic heterocycles. The van der Waals surface area contributed by atoms with Gasteiger partial charge in [0.25, 0.3) is 0 Å². The zero-order valence-corrected chi connectivity index (χ0v) is 41.4. The molecule has 3 N–H and O–H groups in total. The van der Waals surface area contributed by atoms with E-state index in [1.54, 1.807) is 6.08 Å². The first kappa shape index (κ1) is 59.6. The lowest BCUT2D eigenvalue weighted by atomic mass is 10.0. The van der Waals surface area contributed by atoms with Gasteiger partial charge < -0.3 is 15.5 Å². The van der Waals surface area contributed by atoms with Gasteiger partial charge in [-0.15, -0.1) is 0 Å². The molecule has 0 saturated carbocycles. The number of hydrogen-bond donors (Lipinski definition) is 3. The summed E-state index contributed by atoms with van der Waals surface area (Å²) in [4.78, 5) is 12.5. The summed E-state index contributed by atoms with van der Waals surface area (Å²) in [7, 11) is 0. The Morgan fingerprint density at radius 1 is 0.377 bits per heavy atom. The van der Waals surface area contributed by atoms with Gasteiger partial charge in [-0.3, -0.25) is 4.79 Å². The molecule has 0 fully saturated rings. The van der Waals surface area contributed by atoms with Gasteiger partial charge in [0, 0.05) is 6.42 Å². The van der Waals surface area contributed by atoms with E-state index in [0.29, 0.717) is 6.42 Å². The molecule has 0 spiro atoms. The molecule has 0 radical (unpaired) electrons. The molecule has 0 bridgehead atoms. The van der Waals surface area contributed by atoms with Gasteiger partial charge in [-0.2, -0.15) is 0 Å². The molecule has 0 aromatic heterocycles. The minimum absolute atomic E-state index is 0.0721. The predicted octanol–water partition coefficient (Wildman–Crippen LogP) is 18.1. The molecule has 0 heterocycles. The highest BCUT2D eigenvalue weighted by atomic mass is 16.3. The molecule has 0 aliphatic rings. The summed E-state index contributed by atoms with van der Waals surface area (Å²) in [6.45, 7) is 4.32. The maximum atomic E-state index is 12.5. The zero-order chi connectivity index (χ0) is 44.2. The number of unbranched alkanes of at least 4 members (excludes halogenated alkanes) is 40. The van der Waals surface area contributed by atoms with E-state index >= 15 is 0 Å². The number of carbonyl (C=O) groups is 1. The number of hydrogen-bond acceptors (Lipinski definition) is 3. The van der Waals surface area contributed by atoms with Crippen LogP contribution in [0.2, 0.25) is 0 Å². The summed E-state index contributed by atoms with van der Waals surface area (Å²) in [5, 5.41) is 23.1. The van der Waals surface area contributed by atoms with E-state index in [0.717, 1.165) is 38.5 Å². The molecule has 4 heteroatoms. The van der Waals surface area contributed by atoms with Crippen molar-refractivity contribution in [3.8, 4) is 0 Å². The lowest BCUT2D eigenvalue weighted by Crippen LogP contribution is -2.45. The van der Waals surface area contributed by atoms with Crippen molar-refractivity contribution in [2.24, 2.45) is 0 Å². The van der Waals surface area contributed by atoms with Gasteiger partial charge in [-0.25, -0.2) is 0 Å². The first-order valence-electron chi connectivity index (χ1n) is 27.7. The molecule has 360 valence electrons. The highest BCUT2D eigenvalue weighted by Gasteiger charge is 2.18. The lowest BCUT2D eigenvalue weighted by molar-refractivity contribution is -0.123. The standard InChI is InChI=1S/C57H109NO3/c1-3-5-7-9-11-13-15-17-19-21-23-25-26-27-28-29-30-31-33-35-37-39-41-43-45-47-49-51-53-57(61)58-55(54-59)56(60)52-50-48-46-44-42-40-38-36-34-32-24-22-20-18-16-14-12-10-8-6-4-2/h34,36,42,44,50,52,55-56,59-60H,3-33,35,37-41,43,45-49,51,53-54H2,1-2H3,(H,58,61)/b36-34+,44-42+,52-50+. The van der Waals surface area contributed by atoms with Gasteiger partial charge in [0.15, 0.2) is 0 Å². The third-order valence-electron chi connectivity index (χ3n) is 12.9. The Bertz CT molecular complexity index is 928. The van der Waals surface area contributed by atoms with Crippen LogP contribution in [0.25, 0.3) is 0 Å². The SMILES string of the molecule is CCCCCCCCCCCCC/C=C/CC/C=C/CC/C=C/C(O)C(CO)NC(=O)CCCCCCCCCCCCCCCCCCCCCCCCCCCCCC. The Kier molecular flexibility index (Phi) is 51.7. The first-order valence-corrected chi connectivity index (χ1v) is 27.7. The molecule has 0 aromatic carbocycles. The molecule has 0 rings (SSSR count). The summed E-state index contributed by atoms with van der Waals surface area (Å²) >= 11 is 0. The maximum Gasteiger partial charge on any atom is 0.220 e. The lowest BCUT2D eigenvalue weighted by Gasteiger charge is -2.19. The second kappa shape index (κ2) is 53.0. The summed E-state index contributed by atoms with van der Waals surface area (Å²) < 4.78 is 0. The second-order valence-corrected chi connectivity index (χ2v) is 19.0. The highest BCUT2D eigenvalue weighted by Crippen LogP contribution is 2.17. The zero-order valence-electron chi connectivity index (χ0n) is 41.4. The number of amides is 1. The Balaban J connectivity index is 3.51. The minimum atomic E-state index is -0.868. The van der Waals surface area contributed by atoms with E-state index < -0.39 is 12.1 Å². The second-order valence-electron chi connectivity index (χ2n) is 19.0. The molecule has 2 atom stereocenters. The quantitative estimate of drug-likeness (QED) is 0.0422. The van der Waals surface area contributed by atoms with Crippen molar-refractivity contribution < 1.29 is 15.0 Å². The number of allylic oxidation sites excluding steroid dienone is 5. The molecule has 2 unspecified atom stereocenters. The average molecular weight is 857 g/mol. The van der Waals surface area contributed by atoms with E-state index in [-0.39, 0.29) is 12.5 Å². The fourth-order valence-electron chi connectivity index (χ4n) is 8.63. The number of rotatable bonds is 51. The summed E-state index contributed by atoms with van der Waals surface area (Å²) in [6, 6.07) is -0.644. The van der Waals surface area contributed by atoms with Crippen LogP contribution in [0, 0.1) is 0 Å². The van der Waals surface area contributed by atoms with Crippen molar-refractivity contribution in [1.29, 1.82) is 0 Å². The molecule has 61 heavy (non-hydrogen) atoms. The number of aliphatic hydroxyl groups is 2. The van der Waals surface area contributed by atoms with Crippen LogP contribution >= 0.6 is 0 Å². The maximum absolute atomic E-state index is 12.5. The van der Waals surface area contributed by atoms with Gasteiger partial charge in [0.1, 0.15) is 0 Å². The topological polar surface area (TPSA) is 69.6 Å². The van der Waals surface area contributed by atoms with Crippen molar-refractivity contribution in [3.63, 3.8) is 0 Å². The van der Waals surface area contributed by atoms with E-state index in [1.165, 1.54) is 244 Å². The van der Waals surface area contributed by atoms with Gasteiger partial charge in [0.2, 0.25) is 5.91 Å². The fraction of sp³-hybridized carbons (Fsp3) is 0.877. The van der Waals surface area contributed by atoms with Gasteiger partial charge >= 0.3 is 0 Å². The highest BCUT2D eigenvalue weighted by molar-refractivity contribution is 5.76. The van der Waals surface area contributed by atoms with Crippen LogP contribution in [-0.4, -0.2) is 34.9 Å². The summed E-state index contributed by atoms with van der Waals surface area (Å²) in [6.07, 6.45) is 71.6. The van der Waals surface area contributed by atoms with Gasteiger partial charge in [-0.1, -0.05) is 288 Å². The molecule has 4 nitrogen and oxygen atoms in total. The van der Waals surface area contributed by atoms with Crippen molar-refractivity contribution >= 4 is 5.91 Å². The molecule has 0 aromatic rings. The molecular weight excluding hydrogens is 747 g/mol. The van der Waals surface area contributed by atoms with Crippen molar-refractivity contribution in [2.45, 2.75) is 315 Å². The van der Waals surface area contributed by atoms with Gasteiger partial charge in [0.05, 0.1) is 18.8 Å². The third kappa shape index (κ3) is 49.5. The minimum Gasteiger partial charge on any atom is -0.394 e. The average Bonchev–Trinajstić information content (AvgIpc) is 3.26. The van der Waals surface area contributed by atoms with E-state index in [9.17, 15) is 15.0 Å². The number of nitrogens with one attached hydrogen (secondary N) is 1. The molecule has 0 saturated heterocycles. The number of carbonyl (C=O) groups excluding carboxylic acids is 1. The van der Waals surface area contributed by atoms with Crippen LogP contribution in [0.5, 0.6) is 0 Å². The predicted molar refractivity (Wildman–Crippen MR) is 272 cm³/mol. The van der Waals surface area contributed by atoms with Crippen LogP contribution in [-0.2, 0) is 4.79 Å². The smallest absolute Gasteiger partial charge is 0.220 e. The van der Waals surface area contributed by atoms with Crippen molar-refractivity contribution in [3.05, 3.63) is 36.5 Å². The Morgan fingerprint density at radius 2 is 0.639 bits per heavy atom. The van der Waals surface area contributed by atoms with Crippen molar-refractivity contribution in [2.75, 3.05) is 6.61 Å². The Morgan fingerprint density at radius 3 is 0.951 bits per heavy atom. The normalized spacial score (nSPS) is 13.0. The fourth-order valence-corrected chi connectivity index (χ4v) is 8.63. The summed E-state index contributed by atoms with van der Waals surface area (Å²) in [5.74, 6) is -0.0721. The van der Waals surface area contributed by atoms with Crippen LogP contribution in [0.15, 0.2) is 36.5 Å². The van der Waals surface area contributed by atoms with E-state index in [2.05, 4.69) is 43.5 Å². The van der Waals surface area contributed by atoms with Gasteiger partial charge in [-0.05, 0) is 44.9 Å². The van der Waals surface area contributed by atoms with Crippen LogP contribution in [0.3, 0.4) is 0 Å². The van der Waals surface area contributed by atoms with Crippen molar-refractivity contribution in [1.82, 2.24) is 5.32 Å². The van der Waals surface area contributed by atoms with Crippen LogP contribution < -0.4 is 5.32 Å². The Hall–Kier alpha value is -1.39.